The molecule has 2 heterocycles. The van der Waals surface area contributed by atoms with Crippen LogP contribution in [0, 0.1) is 18.8 Å². The number of hydrogen-bond donors (Lipinski definition) is 1. The van der Waals surface area contributed by atoms with E-state index >= 15 is 0 Å². The number of aliphatic imine (C=N–C) groups is 1. The molecule has 2 aliphatic rings. The summed E-state index contributed by atoms with van der Waals surface area (Å²) in [5.41, 5.74) is 2.68. The van der Waals surface area contributed by atoms with Crippen LogP contribution in [0.5, 0.6) is 5.75 Å². The van der Waals surface area contributed by atoms with Gasteiger partial charge < -0.3 is 15.0 Å². The van der Waals surface area contributed by atoms with Crippen molar-refractivity contribution in [3.8, 4) is 5.75 Å². The number of alkyl halides is 6. The fourth-order valence-corrected chi connectivity index (χ4v) is 5.29. The molecule has 2 aliphatic heterocycles. The summed E-state index contributed by atoms with van der Waals surface area (Å²) >= 11 is 0. The summed E-state index contributed by atoms with van der Waals surface area (Å²) in [6, 6.07) is 12.2. The number of hydrogen-bond acceptors (Lipinski definition) is 5. The number of carbonyl (C=O) groups excluding carboxylic acids is 3. The van der Waals surface area contributed by atoms with E-state index in [4.69, 9.17) is 4.74 Å². The number of para-hydroxylation sites is 1. The first-order valence-electron chi connectivity index (χ1n) is 13.3. The van der Waals surface area contributed by atoms with Crippen molar-refractivity contribution < 1.29 is 45.5 Å². The SMILES string of the molecule is CC(=O)[C@@H](CCC(F)(F)F)[C@@H](CCC(F)(F)F)C(=O)N[C@H]1N=C(c2cccc(C)c2)c2cccc3c2N(CCO3)C1=O. The predicted octanol–water partition coefficient (Wildman–Crippen LogP) is 5.52. The van der Waals surface area contributed by atoms with Gasteiger partial charge in [-0.25, -0.2) is 4.99 Å². The standard InChI is InChI=1S/C29H29F6N3O4/c1-16-5-3-6-18(15-16)23-21-7-4-8-22-24(21)38(13-14-42-22)27(41)25(36-23)37-26(40)20(10-12-29(33,34)35)19(17(2)39)9-11-28(30,31)32/h3-8,15,19-20,25H,9-14H2,1-2H3,(H,37,40)/t19-,20-,25-/m1/s1. The lowest BCUT2D eigenvalue weighted by Gasteiger charge is -2.32. The molecule has 3 atom stereocenters. The van der Waals surface area contributed by atoms with Crippen molar-refractivity contribution in [3.63, 3.8) is 0 Å². The molecule has 0 saturated carbocycles. The Morgan fingerprint density at radius 2 is 1.67 bits per heavy atom. The molecule has 1 N–H and O–H groups in total. The highest BCUT2D eigenvalue weighted by Crippen LogP contribution is 2.39. The number of nitrogens with zero attached hydrogens (tertiary/aromatic N) is 2. The van der Waals surface area contributed by atoms with Crippen molar-refractivity contribution in [1.82, 2.24) is 5.32 Å². The molecule has 0 saturated heterocycles. The molecule has 7 nitrogen and oxygen atoms in total. The normalized spacial score (nSPS) is 18.3. The lowest BCUT2D eigenvalue weighted by Crippen LogP contribution is -2.51. The minimum Gasteiger partial charge on any atom is -0.490 e. The van der Waals surface area contributed by atoms with E-state index in [2.05, 4.69) is 10.3 Å². The first-order chi connectivity index (χ1) is 19.6. The molecule has 2 amide bonds. The van der Waals surface area contributed by atoms with Crippen molar-refractivity contribution in [2.24, 2.45) is 16.8 Å². The van der Waals surface area contributed by atoms with Crippen molar-refractivity contribution >= 4 is 29.0 Å². The van der Waals surface area contributed by atoms with Crippen LogP contribution in [0.25, 0.3) is 0 Å². The first kappa shape index (κ1) is 31.0. The summed E-state index contributed by atoms with van der Waals surface area (Å²) in [7, 11) is 0. The minimum atomic E-state index is -4.73. The summed E-state index contributed by atoms with van der Waals surface area (Å²) in [5, 5.41) is 2.38. The predicted molar refractivity (Wildman–Crippen MR) is 141 cm³/mol. The third-order valence-corrected chi connectivity index (χ3v) is 7.25. The number of ketones is 1. The molecule has 0 radical (unpaired) electrons. The molecule has 0 unspecified atom stereocenters. The van der Waals surface area contributed by atoms with Gasteiger partial charge in [0.15, 0.2) is 0 Å². The van der Waals surface area contributed by atoms with Crippen LogP contribution in [0.4, 0.5) is 32.0 Å². The average Bonchev–Trinajstić information content (AvgIpc) is 3.01. The highest BCUT2D eigenvalue weighted by molar-refractivity contribution is 6.21. The number of aryl methyl sites for hydroxylation is 1. The van der Waals surface area contributed by atoms with Crippen LogP contribution in [0.15, 0.2) is 47.5 Å². The van der Waals surface area contributed by atoms with E-state index < -0.39 is 73.6 Å². The van der Waals surface area contributed by atoms with Gasteiger partial charge in [-0.2, -0.15) is 26.3 Å². The Morgan fingerprint density at radius 3 is 2.29 bits per heavy atom. The third kappa shape index (κ3) is 7.29. The molecule has 0 fully saturated rings. The zero-order valence-electron chi connectivity index (χ0n) is 22.8. The largest absolute Gasteiger partial charge is 0.490 e. The summed E-state index contributed by atoms with van der Waals surface area (Å²) < 4.78 is 84.2. The summed E-state index contributed by atoms with van der Waals surface area (Å²) in [6.07, 6.45) is -15.8. The Bertz CT molecular complexity index is 1390. The van der Waals surface area contributed by atoms with Gasteiger partial charge in [-0.1, -0.05) is 35.9 Å². The van der Waals surface area contributed by atoms with Crippen LogP contribution in [0.1, 0.15) is 49.3 Å². The molecular weight excluding hydrogens is 568 g/mol. The molecule has 2 aromatic rings. The smallest absolute Gasteiger partial charge is 0.389 e. The topological polar surface area (TPSA) is 88.1 Å². The van der Waals surface area contributed by atoms with Crippen LogP contribution < -0.4 is 15.0 Å². The van der Waals surface area contributed by atoms with Gasteiger partial charge in [0.25, 0.3) is 5.91 Å². The van der Waals surface area contributed by atoms with Gasteiger partial charge in [-0.05, 0) is 38.8 Å². The summed E-state index contributed by atoms with van der Waals surface area (Å²) in [6.45, 7) is 2.99. The minimum absolute atomic E-state index is 0.0883. The highest BCUT2D eigenvalue weighted by Gasteiger charge is 2.42. The Morgan fingerprint density at radius 1 is 1.02 bits per heavy atom. The van der Waals surface area contributed by atoms with E-state index in [0.717, 1.165) is 12.5 Å². The van der Waals surface area contributed by atoms with E-state index in [-0.39, 0.29) is 13.2 Å². The molecule has 2 aromatic carbocycles. The number of ether oxygens (including phenoxy) is 1. The van der Waals surface area contributed by atoms with Crippen LogP contribution in [0.3, 0.4) is 0 Å². The van der Waals surface area contributed by atoms with E-state index in [1.165, 1.54) is 4.90 Å². The fraction of sp³-hybridized carbons (Fsp3) is 0.448. The summed E-state index contributed by atoms with van der Waals surface area (Å²) in [5.74, 6) is -5.75. The van der Waals surface area contributed by atoms with Crippen molar-refractivity contribution in [2.45, 2.75) is 58.0 Å². The van der Waals surface area contributed by atoms with Gasteiger partial charge >= 0.3 is 12.4 Å². The first-order valence-corrected chi connectivity index (χ1v) is 13.3. The number of nitrogens with one attached hydrogen (secondary N) is 1. The van der Waals surface area contributed by atoms with Gasteiger partial charge in [-0.15, -0.1) is 0 Å². The number of carbonyl (C=O) groups is 3. The lowest BCUT2D eigenvalue weighted by molar-refractivity contribution is -0.152. The number of benzene rings is 2. The van der Waals surface area contributed by atoms with Crippen molar-refractivity contribution in [2.75, 3.05) is 18.1 Å². The average molecular weight is 598 g/mol. The Balaban J connectivity index is 1.75. The molecule has 42 heavy (non-hydrogen) atoms. The maximum atomic E-state index is 13.8. The van der Waals surface area contributed by atoms with Crippen LogP contribution in [-0.2, 0) is 14.4 Å². The number of anilines is 1. The van der Waals surface area contributed by atoms with Gasteiger partial charge in [0.05, 0.1) is 17.9 Å². The fourth-order valence-electron chi connectivity index (χ4n) is 5.29. The molecule has 226 valence electrons. The van der Waals surface area contributed by atoms with Gasteiger partial charge in [-0.3, -0.25) is 14.4 Å². The number of Topliss-reactive ketones (excluding diaryl/α,β-unsaturated/α-hetero) is 1. The monoisotopic (exact) mass is 597 g/mol. The van der Waals surface area contributed by atoms with Crippen LogP contribution in [0.2, 0.25) is 0 Å². The van der Waals surface area contributed by atoms with E-state index in [1.54, 1.807) is 36.4 Å². The molecule has 4 rings (SSSR count). The highest BCUT2D eigenvalue weighted by atomic mass is 19.4. The summed E-state index contributed by atoms with van der Waals surface area (Å²) in [4.78, 5) is 45.6. The number of rotatable bonds is 9. The van der Waals surface area contributed by atoms with Crippen molar-refractivity contribution in [1.29, 1.82) is 0 Å². The zero-order chi connectivity index (χ0) is 30.8. The van der Waals surface area contributed by atoms with Crippen molar-refractivity contribution in [3.05, 3.63) is 59.2 Å². The molecule has 0 spiro atoms. The third-order valence-electron chi connectivity index (χ3n) is 7.25. The second kappa shape index (κ2) is 12.1. The van der Waals surface area contributed by atoms with Crippen LogP contribution >= 0.6 is 0 Å². The maximum Gasteiger partial charge on any atom is 0.389 e. The molecule has 0 aliphatic carbocycles. The number of amides is 2. The molecule has 0 bridgehead atoms. The second-order valence-electron chi connectivity index (χ2n) is 10.4. The second-order valence-corrected chi connectivity index (χ2v) is 10.4. The van der Waals surface area contributed by atoms with E-state index in [9.17, 15) is 40.7 Å². The molecule has 0 aromatic heterocycles. The van der Waals surface area contributed by atoms with Gasteiger partial charge in [0.1, 0.15) is 18.1 Å². The number of halogens is 6. The van der Waals surface area contributed by atoms with Crippen LogP contribution in [-0.4, -0.2) is 55.0 Å². The zero-order valence-corrected chi connectivity index (χ0v) is 22.8. The Hall–Kier alpha value is -3.90. The Labute approximate surface area is 237 Å². The Kier molecular flexibility index (Phi) is 8.98. The molecular formula is C29H29F6N3O4. The molecule has 13 heteroatoms. The quantitative estimate of drug-likeness (QED) is 0.386. The van der Waals surface area contributed by atoms with E-state index in [0.29, 0.717) is 28.3 Å². The van der Waals surface area contributed by atoms with Gasteiger partial charge in [0.2, 0.25) is 12.1 Å². The lowest BCUT2D eigenvalue weighted by atomic mass is 9.81. The van der Waals surface area contributed by atoms with E-state index in [1.807, 2.05) is 13.0 Å². The van der Waals surface area contributed by atoms with Gasteiger partial charge in [0, 0.05) is 35.8 Å². The maximum absolute atomic E-state index is 13.8.